The summed E-state index contributed by atoms with van der Waals surface area (Å²) in [6.45, 7) is 3.35. The summed E-state index contributed by atoms with van der Waals surface area (Å²) >= 11 is 1.51. The highest BCUT2D eigenvalue weighted by Gasteiger charge is 2.23. The zero-order chi connectivity index (χ0) is 19.6. The van der Waals surface area contributed by atoms with Crippen molar-refractivity contribution >= 4 is 34.1 Å². The molecule has 0 saturated carbocycles. The lowest BCUT2D eigenvalue weighted by atomic mass is 10.1. The van der Waals surface area contributed by atoms with Gasteiger partial charge in [-0.05, 0) is 32.0 Å². The summed E-state index contributed by atoms with van der Waals surface area (Å²) in [6, 6.07) is 4.00. The Morgan fingerprint density at radius 1 is 1.41 bits per heavy atom. The van der Waals surface area contributed by atoms with Gasteiger partial charge in [0.2, 0.25) is 5.91 Å². The Hall–Kier alpha value is -2.91. The number of furan rings is 1. The van der Waals surface area contributed by atoms with Gasteiger partial charge in [-0.3, -0.25) is 9.59 Å². The molecule has 2 aromatic heterocycles. The van der Waals surface area contributed by atoms with Crippen molar-refractivity contribution in [3.05, 3.63) is 45.6 Å². The molecule has 0 saturated heterocycles. The Labute approximate surface area is 158 Å². The summed E-state index contributed by atoms with van der Waals surface area (Å²) in [5.74, 6) is -0.419. The Morgan fingerprint density at radius 3 is 2.81 bits per heavy atom. The van der Waals surface area contributed by atoms with Gasteiger partial charge in [0.05, 0.1) is 28.3 Å². The average molecular weight is 389 g/mol. The van der Waals surface area contributed by atoms with Crippen LogP contribution in [0, 0.1) is 13.8 Å². The lowest BCUT2D eigenvalue weighted by Gasteiger charge is -2.12. The van der Waals surface area contributed by atoms with Gasteiger partial charge in [-0.1, -0.05) is 0 Å². The fraction of sp³-hybridized carbons (Fsp3) is 0.278. The number of aromatic nitrogens is 1. The maximum Gasteiger partial charge on any atom is 0.256 e. The molecule has 2 heterocycles. The number of carbonyl (C=O) groups is 2. The SMILES string of the molecule is Cc1ncsc1COc1ccc2oc(C)c(C(=O)NC(CO)C(N)=O)c2c1. The molecule has 8 nitrogen and oxygen atoms in total. The van der Waals surface area contributed by atoms with Crippen LogP contribution in [0.2, 0.25) is 0 Å². The number of hydrogen-bond acceptors (Lipinski definition) is 7. The quantitative estimate of drug-likeness (QED) is 0.564. The number of primary amides is 1. The van der Waals surface area contributed by atoms with Crippen molar-refractivity contribution in [2.45, 2.75) is 26.5 Å². The topological polar surface area (TPSA) is 128 Å². The van der Waals surface area contributed by atoms with E-state index in [-0.39, 0.29) is 5.56 Å². The molecule has 0 bridgehead atoms. The van der Waals surface area contributed by atoms with Gasteiger partial charge < -0.3 is 25.3 Å². The van der Waals surface area contributed by atoms with Gasteiger partial charge in [-0.2, -0.15) is 0 Å². The Kier molecular flexibility index (Phi) is 5.43. The number of nitrogens with zero attached hydrogens (tertiary/aromatic N) is 1. The Balaban J connectivity index is 1.87. The summed E-state index contributed by atoms with van der Waals surface area (Å²) in [7, 11) is 0. The summed E-state index contributed by atoms with van der Waals surface area (Å²) in [6.07, 6.45) is 0. The third kappa shape index (κ3) is 3.93. The van der Waals surface area contributed by atoms with Gasteiger partial charge in [0.25, 0.3) is 5.91 Å². The predicted molar refractivity (Wildman–Crippen MR) is 99.7 cm³/mol. The van der Waals surface area contributed by atoms with E-state index < -0.39 is 24.5 Å². The number of amides is 2. The summed E-state index contributed by atoms with van der Waals surface area (Å²) in [5.41, 5.74) is 8.62. The number of carbonyl (C=O) groups excluding carboxylic acids is 2. The average Bonchev–Trinajstić information content (AvgIpc) is 3.18. The van der Waals surface area contributed by atoms with Gasteiger partial charge in [-0.15, -0.1) is 11.3 Å². The molecule has 3 aromatic rings. The number of nitrogens with one attached hydrogen (secondary N) is 1. The molecule has 142 valence electrons. The van der Waals surface area contributed by atoms with Crippen molar-refractivity contribution in [2.24, 2.45) is 5.73 Å². The van der Waals surface area contributed by atoms with Crippen LogP contribution >= 0.6 is 11.3 Å². The molecule has 0 spiro atoms. The number of aliphatic hydroxyl groups excluding tert-OH is 1. The molecule has 0 aliphatic rings. The molecule has 0 fully saturated rings. The number of rotatable bonds is 7. The number of aliphatic hydroxyl groups is 1. The minimum Gasteiger partial charge on any atom is -0.488 e. The van der Waals surface area contributed by atoms with E-state index >= 15 is 0 Å². The normalized spacial score (nSPS) is 12.1. The molecular formula is C18H19N3O5S. The molecule has 1 aromatic carbocycles. The zero-order valence-corrected chi connectivity index (χ0v) is 15.6. The van der Waals surface area contributed by atoms with Crippen LogP contribution in [-0.4, -0.2) is 34.6 Å². The molecule has 1 atom stereocenters. The summed E-state index contributed by atoms with van der Waals surface area (Å²) in [5, 5.41) is 12.1. The lowest BCUT2D eigenvalue weighted by Crippen LogP contribution is -2.46. The van der Waals surface area contributed by atoms with Crippen LogP contribution in [0.1, 0.15) is 26.7 Å². The van der Waals surface area contributed by atoms with Gasteiger partial charge in [0, 0.05) is 5.39 Å². The first kappa shape index (κ1) is 18.9. The second kappa shape index (κ2) is 7.77. The van der Waals surface area contributed by atoms with Crippen molar-refractivity contribution in [3.8, 4) is 5.75 Å². The number of nitrogens with two attached hydrogens (primary N) is 1. The number of fused-ring (bicyclic) bond motifs is 1. The van der Waals surface area contributed by atoms with Gasteiger partial charge in [0.15, 0.2) is 0 Å². The first-order valence-corrected chi connectivity index (χ1v) is 9.04. The van der Waals surface area contributed by atoms with Crippen molar-refractivity contribution in [2.75, 3.05) is 6.61 Å². The highest BCUT2D eigenvalue weighted by atomic mass is 32.1. The highest BCUT2D eigenvalue weighted by molar-refractivity contribution is 7.09. The van der Waals surface area contributed by atoms with Crippen LogP contribution in [-0.2, 0) is 11.4 Å². The van der Waals surface area contributed by atoms with E-state index in [0.29, 0.717) is 29.1 Å². The second-order valence-electron chi connectivity index (χ2n) is 5.95. The molecule has 0 radical (unpaired) electrons. The van der Waals surface area contributed by atoms with Crippen LogP contribution in [0.4, 0.5) is 0 Å². The van der Waals surface area contributed by atoms with E-state index in [1.165, 1.54) is 11.3 Å². The maximum absolute atomic E-state index is 12.6. The minimum absolute atomic E-state index is 0.268. The molecule has 27 heavy (non-hydrogen) atoms. The standard InChI is InChI=1S/C18H19N3O5S/c1-9-15(27-8-20-9)7-25-11-3-4-14-12(5-11)16(10(2)26-14)18(24)21-13(6-22)17(19)23/h3-5,8,13,22H,6-7H2,1-2H3,(H2,19,23)(H,21,24). The van der Waals surface area contributed by atoms with Crippen molar-refractivity contribution in [1.29, 1.82) is 0 Å². The number of benzene rings is 1. The fourth-order valence-electron chi connectivity index (χ4n) is 2.62. The first-order valence-electron chi connectivity index (χ1n) is 8.16. The molecule has 9 heteroatoms. The largest absolute Gasteiger partial charge is 0.488 e. The van der Waals surface area contributed by atoms with Crippen LogP contribution in [0.3, 0.4) is 0 Å². The van der Waals surface area contributed by atoms with Crippen LogP contribution in [0.25, 0.3) is 11.0 Å². The maximum atomic E-state index is 12.6. The van der Waals surface area contributed by atoms with Crippen LogP contribution in [0.5, 0.6) is 5.75 Å². The number of hydrogen-bond donors (Lipinski definition) is 3. The number of aryl methyl sites for hydroxylation is 2. The van der Waals surface area contributed by atoms with Crippen molar-refractivity contribution in [1.82, 2.24) is 10.3 Å². The smallest absolute Gasteiger partial charge is 0.256 e. The molecule has 0 aliphatic heterocycles. The van der Waals surface area contributed by atoms with E-state index in [1.807, 2.05) is 6.92 Å². The molecule has 4 N–H and O–H groups in total. The monoisotopic (exact) mass is 389 g/mol. The minimum atomic E-state index is -1.17. The molecule has 3 rings (SSSR count). The predicted octanol–water partition coefficient (Wildman–Crippen LogP) is 1.66. The van der Waals surface area contributed by atoms with Crippen LogP contribution in [0.15, 0.2) is 28.1 Å². The van der Waals surface area contributed by atoms with Crippen molar-refractivity contribution in [3.63, 3.8) is 0 Å². The van der Waals surface area contributed by atoms with E-state index in [4.69, 9.17) is 14.9 Å². The van der Waals surface area contributed by atoms with E-state index in [9.17, 15) is 14.7 Å². The number of thiazole rings is 1. The van der Waals surface area contributed by atoms with Crippen LogP contribution < -0.4 is 15.8 Å². The summed E-state index contributed by atoms with van der Waals surface area (Å²) < 4.78 is 11.4. The lowest BCUT2D eigenvalue weighted by molar-refractivity contribution is -0.120. The van der Waals surface area contributed by atoms with Gasteiger partial charge >= 0.3 is 0 Å². The fourth-order valence-corrected chi connectivity index (χ4v) is 3.31. The zero-order valence-electron chi connectivity index (χ0n) is 14.8. The summed E-state index contributed by atoms with van der Waals surface area (Å²) in [4.78, 5) is 29.0. The first-order chi connectivity index (χ1) is 12.9. The third-order valence-corrected chi connectivity index (χ3v) is 5.02. The molecule has 2 amide bonds. The van der Waals surface area contributed by atoms with Crippen molar-refractivity contribution < 1.29 is 23.8 Å². The second-order valence-corrected chi connectivity index (χ2v) is 6.89. The van der Waals surface area contributed by atoms with E-state index in [1.54, 1.807) is 30.6 Å². The van der Waals surface area contributed by atoms with E-state index in [0.717, 1.165) is 10.6 Å². The molecule has 0 aliphatic carbocycles. The third-order valence-electron chi connectivity index (χ3n) is 4.11. The van der Waals surface area contributed by atoms with Gasteiger partial charge in [-0.25, -0.2) is 4.98 Å². The number of ether oxygens (including phenoxy) is 1. The Morgan fingerprint density at radius 2 is 2.19 bits per heavy atom. The van der Waals surface area contributed by atoms with E-state index in [2.05, 4.69) is 10.3 Å². The van der Waals surface area contributed by atoms with Gasteiger partial charge in [0.1, 0.15) is 29.7 Å². The Bertz CT molecular complexity index is 994. The molecule has 1 unspecified atom stereocenters. The highest BCUT2D eigenvalue weighted by Crippen LogP contribution is 2.30. The molecular weight excluding hydrogens is 370 g/mol.